The summed E-state index contributed by atoms with van der Waals surface area (Å²) in [7, 11) is 0. The zero-order valence-corrected chi connectivity index (χ0v) is 19.3. The molecule has 35 heavy (non-hydrogen) atoms. The predicted molar refractivity (Wildman–Crippen MR) is 132 cm³/mol. The fourth-order valence-corrected chi connectivity index (χ4v) is 3.07. The Morgan fingerprint density at radius 2 is 1.74 bits per heavy atom. The van der Waals surface area contributed by atoms with Gasteiger partial charge in [-0.05, 0) is 47.9 Å². The van der Waals surface area contributed by atoms with E-state index in [1.54, 1.807) is 42.5 Å². The van der Waals surface area contributed by atoms with Gasteiger partial charge in [0, 0.05) is 17.7 Å². The highest BCUT2D eigenvalue weighted by atomic mass is 16.6. The largest absolute Gasteiger partial charge is 0.494 e. The van der Waals surface area contributed by atoms with Crippen LogP contribution in [0.4, 0.5) is 5.69 Å². The lowest BCUT2D eigenvalue weighted by Crippen LogP contribution is -2.28. The van der Waals surface area contributed by atoms with E-state index in [2.05, 4.69) is 12.2 Å². The standard InChI is InChI=1S/C27H26N2O6/c1-2-3-16-34-24-14-12-22(13-15-24)26(30)28-25(18-21-10-7-11-23(17-21)29(32)33)27(31)35-19-20-8-5-4-6-9-20/h4-15,17-18H,2-3,16,19H2,1H3,(H,28,30). The van der Waals surface area contributed by atoms with Crippen LogP contribution in [0.3, 0.4) is 0 Å². The monoisotopic (exact) mass is 474 g/mol. The van der Waals surface area contributed by atoms with E-state index in [0.717, 1.165) is 18.4 Å². The van der Waals surface area contributed by atoms with Gasteiger partial charge in [-0.2, -0.15) is 0 Å². The molecule has 0 unspecified atom stereocenters. The second-order valence-electron chi connectivity index (χ2n) is 7.65. The number of rotatable bonds is 11. The van der Waals surface area contributed by atoms with Gasteiger partial charge in [-0.3, -0.25) is 14.9 Å². The van der Waals surface area contributed by atoms with Crippen molar-refractivity contribution in [2.75, 3.05) is 6.61 Å². The number of benzene rings is 3. The minimum atomic E-state index is -0.770. The highest BCUT2D eigenvalue weighted by molar-refractivity contribution is 6.03. The number of carbonyl (C=O) groups excluding carboxylic acids is 2. The van der Waals surface area contributed by atoms with Gasteiger partial charge >= 0.3 is 5.97 Å². The molecule has 3 aromatic carbocycles. The van der Waals surface area contributed by atoms with Gasteiger partial charge in [0.2, 0.25) is 0 Å². The Kier molecular flexibility index (Phi) is 9.13. The third-order valence-corrected chi connectivity index (χ3v) is 4.96. The van der Waals surface area contributed by atoms with Crippen molar-refractivity contribution in [2.45, 2.75) is 26.4 Å². The van der Waals surface area contributed by atoms with Crippen molar-refractivity contribution < 1.29 is 24.0 Å². The Morgan fingerprint density at radius 1 is 1.00 bits per heavy atom. The number of nitrogens with zero attached hydrogens (tertiary/aromatic N) is 1. The molecular formula is C27H26N2O6. The van der Waals surface area contributed by atoms with Crippen LogP contribution >= 0.6 is 0 Å². The molecule has 1 amide bonds. The first kappa shape index (κ1) is 25.2. The lowest BCUT2D eigenvalue weighted by molar-refractivity contribution is -0.384. The maximum atomic E-state index is 12.9. The minimum Gasteiger partial charge on any atom is -0.494 e. The van der Waals surface area contributed by atoms with Crippen LogP contribution in [0.5, 0.6) is 5.75 Å². The number of hydrogen-bond acceptors (Lipinski definition) is 6. The van der Waals surface area contributed by atoms with Gasteiger partial charge in [0.15, 0.2) is 0 Å². The van der Waals surface area contributed by atoms with Gasteiger partial charge in [-0.1, -0.05) is 55.8 Å². The van der Waals surface area contributed by atoms with Crippen molar-refractivity contribution in [3.8, 4) is 5.75 Å². The Morgan fingerprint density at radius 3 is 2.43 bits per heavy atom. The first-order valence-corrected chi connectivity index (χ1v) is 11.2. The topological polar surface area (TPSA) is 108 Å². The number of non-ortho nitro benzene ring substituents is 1. The second kappa shape index (κ2) is 12.7. The zero-order chi connectivity index (χ0) is 25.0. The molecule has 0 aromatic heterocycles. The van der Waals surface area contributed by atoms with E-state index >= 15 is 0 Å². The van der Waals surface area contributed by atoms with Crippen molar-refractivity contribution >= 4 is 23.6 Å². The summed E-state index contributed by atoms with van der Waals surface area (Å²) < 4.78 is 11.0. The molecule has 0 aliphatic heterocycles. The normalized spacial score (nSPS) is 10.9. The van der Waals surface area contributed by atoms with Gasteiger partial charge < -0.3 is 14.8 Å². The molecule has 0 aliphatic carbocycles. The first-order chi connectivity index (χ1) is 17.0. The first-order valence-electron chi connectivity index (χ1n) is 11.2. The molecule has 8 heteroatoms. The second-order valence-corrected chi connectivity index (χ2v) is 7.65. The SMILES string of the molecule is CCCCOc1ccc(C(=O)NC(=Cc2cccc([N+](=O)[O-])c2)C(=O)OCc2ccccc2)cc1. The van der Waals surface area contributed by atoms with Gasteiger partial charge in [0.25, 0.3) is 11.6 Å². The maximum Gasteiger partial charge on any atom is 0.355 e. The number of unbranched alkanes of at least 4 members (excludes halogenated alkanes) is 1. The molecule has 0 saturated carbocycles. The van der Waals surface area contributed by atoms with Crippen molar-refractivity contribution in [2.24, 2.45) is 0 Å². The van der Waals surface area contributed by atoms with Crippen molar-refractivity contribution in [1.29, 1.82) is 0 Å². The number of nitrogens with one attached hydrogen (secondary N) is 1. The Hall–Kier alpha value is -4.46. The van der Waals surface area contributed by atoms with Gasteiger partial charge in [0.1, 0.15) is 18.1 Å². The summed E-state index contributed by atoms with van der Waals surface area (Å²) in [6.45, 7) is 2.66. The van der Waals surface area contributed by atoms with Gasteiger partial charge in [-0.15, -0.1) is 0 Å². The molecule has 0 fully saturated rings. The Bertz CT molecular complexity index is 1190. The third-order valence-electron chi connectivity index (χ3n) is 4.96. The van der Waals surface area contributed by atoms with Crippen molar-refractivity contribution in [3.63, 3.8) is 0 Å². The van der Waals surface area contributed by atoms with Crippen LogP contribution in [-0.4, -0.2) is 23.4 Å². The molecule has 0 radical (unpaired) electrons. The van der Waals surface area contributed by atoms with E-state index in [1.165, 1.54) is 24.3 Å². The fourth-order valence-electron chi connectivity index (χ4n) is 3.07. The van der Waals surface area contributed by atoms with Crippen LogP contribution in [0, 0.1) is 10.1 Å². The summed E-state index contributed by atoms with van der Waals surface area (Å²) in [5, 5.41) is 13.7. The van der Waals surface area contributed by atoms with E-state index in [-0.39, 0.29) is 18.0 Å². The smallest absolute Gasteiger partial charge is 0.355 e. The molecule has 0 aliphatic rings. The van der Waals surface area contributed by atoms with Crippen molar-refractivity contribution in [1.82, 2.24) is 5.32 Å². The number of ether oxygens (including phenoxy) is 2. The van der Waals surface area contributed by atoms with Crippen LogP contribution in [0.2, 0.25) is 0 Å². The van der Waals surface area contributed by atoms with Gasteiger partial charge in [-0.25, -0.2) is 4.79 Å². The molecule has 0 spiro atoms. The van der Waals surface area contributed by atoms with E-state index in [1.807, 2.05) is 18.2 Å². The summed E-state index contributed by atoms with van der Waals surface area (Å²) in [4.78, 5) is 36.3. The summed E-state index contributed by atoms with van der Waals surface area (Å²) in [5.41, 5.74) is 1.18. The number of amides is 1. The van der Waals surface area contributed by atoms with Crippen LogP contribution < -0.4 is 10.1 Å². The van der Waals surface area contributed by atoms with E-state index in [4.69, 9.17) is 9.47 Å². The number of carbonyl (C=O) groups is 2. The zero-order valence-electron chi connectivity index (χ0n) is 19.3. The number of hydrogen-bond donors (Lipinski definition) is 1. The highest BCUT2D eigenvalue weighted by Gasteiger charge is 2.17. The summed E-state index contributed by atoms with van der Waals surface area (Å²) in [5.74, 6) is -0.656. The molecule has 0 heterocycles. The van der Waals surface area contributed by atoms with Crippen LogP contribution in [0.15, 0.2) is 84.6 Å². The van der Waals surface area contributed by atoms with E-state index in [0.29, 0.717) is 23.5 Å². The Labute approximate surface area is 203 Å². The predicted octanol–water partition coefficient (Wildman–Crippen LogP) is 5.29. The Balaban J connectivity index is 1.79. The third kappa shape index (κ3) is 7.82. The molecule has 0 bridgehead atoms. The lowest BCUT2D eigenvalue weighted by Gasteiger charge is -2.11. The average Bonchev–Trinajstić information content (AvgIpc) is 2.88. The highest BCUT2D eigenvalue weighted by Crippen LogP contribution is 2.17. The lowest BCUT2D eigenvalue weighted by atomic mass is 10.1. The molecule has 3 aromatic rings. The summed E-state index contributed by atoms with van der Waals surface area (Å²) >= 11 is 0. The fraction of sp³-hybridized carbons (Fsp3) is 0.185. The van der Waals surface area contributed by atoms with E-state index in [9.17, 15) is 19.7 Å². The summed E-state index contributed by atoms with van der Waals surface area (Å²) in [6.07, 6.45) is 3.29. The molecule has 1 N–H and O–H groups in total. The minimum absolute atomic E-state index is 0.00557. The molecule has 8 nitrogen and oxygen atoms in total. The van der Waals surface area contributed by atoms with E-state index < -0.39 is 16.8 Å². The summed E-state index contributed by atoms with van der Waals surface area (Å²) in [6, 6.07) is 21.4. The quantitative estimate of drug-likeness (QED) is 0.133. The molecule has 3 rings (SSSR count). The van der Waals surface area contributed by atoms with Gasteiger partial charge in [0.05, 0.1) is 11.5 Å². The van der Waals surface area contributed by atoms with Crippen LogP contribution in [-0.2, 0) is 16.1 Å². The molecular weight excluding hydrogens is 448 g/mol. The maximum absolute atomic E-state index is 12.9. The number of esters is 1. The number of nitro groups is 1. The number of nitro benzene ring substituents is 1. The molecule has 180 valence electrons. The van der Waals surface area contributed by atoms with Crippen LogP contribution in [0.25, 0.3) is 6.08 Å². The molecule has 0 saturated heterocycles. The average molecular weight is 475 g/mol. The van der Waals surface area contributed by atoms with Crippen LogP contribution in [0.1, 0.15) is 41.3 Å². The molecule has 0 atom stereocenters. The van der Waals surface area contributed by atoms with Crippen molar-refractivity contribution in [3.05, 3.63) is 111 Å².